The Balaban J connectivity index is 2.73. The molecule has 0 N–H and O–H groups in total. The van der Waals surface area contributed by atoms with Gasteiger partial charge in [-0.1, -0.05) is 32.0 Å². The van der Waals surface area contributed by atoms with Crippen LogP contribution >= 0.6 is 10.7 Å². The first-order valence-corrected chi connectivity index (χ1v) is 8.97. The van der Waals surface area contributed by atoms with E-state index in [1.165, 1.54) is 0 Å². The maximum atomic E-state index is 11.7. The first-order valence-electron chi connectivity index (χ1n) is 6.66. The van der Waals surface area contributed by atoms with Crippen LogP contribution in [0.1, 0.15) is 25.0 Å². The van der Waals surface area contributed by atoms with Crippen molar-refractivity contribution in [2.24, 2.45) is 5.92 Å². The van der Waals surface area contributed by atoms with Crippen LogP contribution in [0.5, 0.6) is 0 Å². The van der Waals surface area contributed by atoms with Crippen LogP contribution in [0.25, 0.3) is 11.4 Å². The fourth-order valence-electron chi connectivity index (χ4n) is 2.35. The topological polar surface area (TPSA) is 64.8 Å². The van der Waals surface area contributed by atoms with E-state index in [1.807, 2.05) is 45.9 Å². The highest BCUT2D eigenvalue weighted by molar-refractivity contribution is 8.13. The highest BCUT2D eigenvalue weighted by atomic mass is 35.7. The Morgan fingerprint density at radius 2 is 1.76 bits per heavy atom. The quantitative estimate of drug-likeness (QED) is 0.809. The minimum atomic E-state index is -3.93. The summed E-state index contributed by atoms with van der Waals surface area (Å²) in [5, 5.41) is 7.67. The molecule has 114 valence electrons. The molecule has 2 rings (SSSR count). The van der Waals surface area contributed by atoms with Crippen LogP contribution in [-0.2, 0) is 15.6 Å². The van der Waals surface area contributed by atoms with E-state index in [1.54, 1.807) is 4.57 Å². The van der Waals surface area contributed by atoms with Crippen molar-refractivity contribution in [2.75, 3.05) is 0 Å². The van der Waals surface area contributed by atoms with Crippen LogP contribution in [0.2, 0.25) is 0 Å². The van der Waals surface area contributed by atoms with E-state index in [-0.39, 0.29) is 11.1 Å². The minimum absolute atomic E-state index is 0.199. The Labute approximate surface area is 129 Å². The standard InChI is InChI=1S/C14H18ClN3O2S/c1-9(2)8-18-13(16-17-14(18)21(15,19)20)12-10(3)6-5-7-11(12)4/h5-7,9H,8H2,1-4H3. The van der Waals surface area contributed by atoms with Crippen LogP contribution in [0.4, 0.5) is 0 Å². The summed E-state index contributed by atoms with van der Waals surface area (Å²) in [7, 11) is 1.55. The monoisotopic (exact) mass is 327 g/mol. The second-order valence-electron chi connectivity index (χ2n) is 5.52. The summed E-state index contributed by atoms with van der Waals surface area (Å²) in [4.78, 5) is 0. The van der Waals surface area contributed by atoms with Crippen LogP contribution < -0.4 is 0 Å². The predicted octanol–water partition coefficient (Wildman–Crippen LogP) is 3.15. The van der Waals surface area contributed by atoms with Gasteiger partial charge < -0.3 is 0 Å². The Hall–Kier alpha value is -1.40. The van der Waals surface area contributed by atoms with Crippen molar-refractivity contribution in [3.8, 4) is 11.4 Å². The van der Waals surface area contributed by atoms with E-state index in [4.69, 9.17) is 10.7 Å². The largest absolute Gasteiger partial charge is 0.297 e. The van der Waals surface area contributed by atoms with Crippen molar-refractivity contribution in [2.45, 2.75) is 39.4 Å². The fraction of sp³-hybridized carbons (Fsp3) is 0.429. The predicted molar refractivity (Wildman–Crippen MR) is 82.8 cm³/mol. The summed E-state index contributed by atoms with van der Waals surface area (Å²) in [6.45, 7) is 8.41. The summed E-state index contributed by atoms with van der Waals surface area (Å²) >= 11 is 0. The smallest absolute Gasteiger partial charge is 0.296 e. The van der Waals surface area contributed by atoms with Crippen molar-refractivity contribution < 1.29 is 8.42 Å². The molecule has 0 amide bonds. The number of nitrogens with zero attached hydrogens (tertiary/aromatic N) is 3. The number of halogens is 1. The molecule has 0 fully saturated rings. The molecular weight excluding hydrogens is 310 g/mol. The molecule has 0 aliphatic rings. The normalized spacial score (nSPS) is 12.1. The zero-order chi connectivity index (χ0) is 15.8. The lowest BCUT2D eigenvalue weighted by Gasteiger charge is -2.14. The molecule has 0 bridgehead atoms. The highest BCUT2D eigenvalue weighted by Gasteiger charge is 2.25. The van der Waals surface area contributed by atoms with Gasteiger partial charge in [-0.3, -0.25) is 4.57 Å². The first kappa shape index (κ1) is 16.0. The zero-order valence-electron chi connectivity index (χ0n) is 12.5. The van der Waals surface area contributed by atoms with Gasteiger partial charge in [-0.05, 0) is 30.9 Å². The van der Waals surface area contributed by atoms with E-state index in [9.17, 15) is 8.42 Å². The Morgan fingerprint density at radius 1 is 1.19 bits per heavy atom. The molecule has 0 aliphatic heterocycles. The molecule has 0 saturated heterocycles. The lowest BCUT2D eigenvalue weighted by Crippen LogP contribution is -2.12. The van der Waals surface area contributed by atoms with Gasteiger partial charge in [-0.25, -0.2) is 8.42 Å². The molecule has 0 unspecified atom stereocenters. The molecule has 2 aromatic rings. The molecule has 0 atom stereocenters. The number of rotatable bonds is 4. The molecule has 1 aromatic carbocycles. The summed E-state index contributed by atoms with van der Waals surface area (Å²) in [5.41, 5.74) is 2.94. The zero-order valence-corrected chi connectivity index (χ0v) is 14.0. The van der Waals surface area contributed by atoms with Crippen molar-refractivity contribution in [1.29, 1.82) is 0 Å². The molecule has 21 heavy (non-hydrogen) atoms. The van der Waals surface area contributed by atoms with E-state index >= 15 is 0 Å². The van der Waals surface area contributed by atoms with Gasteiger partial charge in [0, 0.05) is 22.8 Å². The van der Waals surface area contributed by atoms with E-state index in [0.717, 1.165) is 16.7 Å². The molecule has 0 radical (unpaired) electrons. The Morgan fingerprint density at radius 3 is 2.24 bits per heavy atom. The minimum Gasteiger partial charge on any atom is -0.297 e. The third kappa shape index (κ3) is 3.27. The van der Waals surface area contributed by atoms with Gasteiger partial charge >= 0.3 is 0 Å². The van der Waals surface area contributed by atoms with Gasteiger partial charge in [-0.15, -0.1) is 10.2 Å². The summed E-state index contributed by atoms with van der Waals surface area (Å²) < 4.78 is 25.0. The average Bonchev–Trinajstić information content (AvgIpc) is 2.71. The highest BCUT2D eigenvalue weighted by Crippen LogP contribution is 2.28. The Kier molecular flexibility index (Phi) is 4.39. The second kappa shape index (κ2) is 5.77. The van der Waals surface area contributed by atoms with Gasteiger partial charge in [0.2, 0.25) is 0 Å². The van der Waals surface area contributed by atoms with Crippen LogP contribution in [0, 0.1) is 19.8 Å². The van der Waals surface area contributed by atoms with E-state index in [2.05, 4.69) is 10.2 Å². The number of benzene rings is 1. The summed E-state index contributed by atoms with van der Waals surface area (Å²) in [6, 6.07) is 5.88. The average molecular weight is 328 g/mol. The van der Waals surface area contributed by atoms with Crippen molar-refractivity contribution in [3.63, 3.8) is 0 Å². The summed E-state index contributed by atoms with van der Waals surface area (Å²) in [6.07, 6.45) is 0. The van der Waals surface area contributed by atoms with Crippen LogP contribution in [0.15, 0.2) is 23.4 Å². The number of hydrogen-bond donors (Lipinski definition) is 0. The van der Waals surface area contributed by atoms with Crippen molar-refractivity contribution in [1.82, 2.24) is 14.8 Å². The van der Waals surface area contributed by atoms with Crippen LogP contribution in [-0.4, -0.2) is 23.2 Å². The Bertz CT molecular complexity index is 746. The van der Waals surface area contributed by atoms with Gasteiger partial charge in [0.25, 0.3) is 14.2 Å². The molecule has 0 saturated carbocycles. The molecule has 0 spiro atoms. The van der Waals surface area contributed by atoms with Gasteiger partial charge in [-0.2, -0.15) is 0 Å². The third-order valence-corrected chi connectivity index (χ3v) is 4.34. The van der Waals surface area contributed by atoms with Gasteiger partial charge in [0.05, 0.1) is 0 Å². The molecule has 1 heterocycles. The molecule has 0 aliphatic carbocycles. The third-order valence-electron chi connectivity index (χ3n) is 3.19. The van der Waals surface area contributed by atoms with E-state index < -0.39 is 9.05 Å². The lowest BCUT2D eigenvalue weighted by molar-refractivity contribution is 0.488. The lowest BCUT2D eigenvalue weighted by atomic mass is 10.0. The van der Waals surface area contributed by atoms with E-state index in [0.29, 0.717) is 12.4 Å². The molecule has 1 aromatic heterocycles. The molecular formula is C14H18ClN3O2S. The second-order valence-corrected chi connectivity index (χ2v) is 7.97. The maximum absolute atomic E-state index is 11.7. The van der Waals surface area contributed by atoms with Gasteiger partial charge in [0.1, 0.15) is 0 Å². The summed E-state index contributed by atoms with van der Waals surface area (Å²) in [5.74, 6) is 0.778. The molecule has 7 heteroatoms. The van der Waals surface area contributed by atoms with Crippen LogP contribution in [0.3, 0.4) is 0 Å². The maximum Gasteiger partial charge on any atom is 0.296 e. The first-order chi connectivity index (χ1) is 9.71. The SMILES string of the molecule is Cc1cccc(C)c1-c1nnc(S(=O)(=O)Cl)n1CC(C)C. The number of hydrogen-bond acceptors (Lipinski definition) is 4. The number of aromatic nitrogens is 3. The van der Waals surface area contributed by atoms with Crippen molar-refractivity contribution in [3.05, 3.63) is 29.3 Å². The number of aryl methyl sites for hydroxylation is 2. The molecule has 5 nitrogen and oxygen atoms in total. The fourth-order valence-corrected chi connectivity index (χ4v) is 3.26. The van der Waals surface area contributed by atoms with Crippen molar-refractivity contribution >= 4 is 19.7 Å². The van der Waals surface area contributed by atoms with Gasteiger partial charge in [0.15, 0.2) is 5.82 Å².